The van der Waals surface area contributed by atoms with Gasteiger partial charge in [-0.25, -0.2) is 4.79 Å². The minimum Gasteiger partial charge on any atom is -0.496 e. The zero-order valence-corrected chi connectivity index (χ0v) is 32.5. The smallest absolute Gasteiger partial charge is 0.329 e. The maximum Gasteiger partial charge on any atom is 0.329 e. The lowest BCUT2D eigenvalue weighted by atomic mass is 9.85. The number of nitrogens with zero attached hydrogens (tertiary/aromatic N) is 6. The Kier molecular flexibility index (Phi) is 9.61. The Balaban J connectivity index is 0.861. The third kappa shape index (κ3) is 6.86. The van der Waals surface area contributed by atoms with E-state index >= 15 is 0 Å². The van der Waals surface area contributed by atoms with Crippen molar-refractivity contribution in [1.82, 2.24) is 30.0 Å². The summed E-state index contributed by atoms with van der Waals surface area (Å²) in [4.78, 5) is 47.5. The van der Waals surface area contributed by atoms with E-state index in [9.17, 15) is 14.4 Å². The Morgan fingerprint density at radius 3 is 2.46 bits per heavy atom. The lowest BCUT2D eigenvalue weighted by Crippen LogP contribution is -2.49. The van der Waals surface area contributed by atoms with Crippen LogP contribution < -0.4 is 30.1 Å². The number of piperidine rings is 1. The molecule has 6 heterocycles. The molecule has 2 N–H and O–H groups in total. The van der Waals surface area contributed by atoms with Crippen LogP contribution in [0.25, 0.3) is 32.8 Å². The summed E-state index contributed by atoms with van der Waals surface area (Å²) in [7, 11) is 5.16. The molecule has 2 fully saturated rings. The number of benzene rings is 3. The largest absolute Gasteiger partial charge is 0.496 e. The van der Waals surface area contributed by atoms with E-state index in [1.54, 1.807) is 38.2 Å². The second-order valence-electron chi connectivity index (χ2n) is 15.4. The number of aromatic nitrogens is 4. The Morgan fingerprint density at radius 1 is 0.877 bits per heavy atom. The van der Waals surface area contributed by atoms with Crippen molar-refractivity contribution in [2.45, 2.75) is 45.2 Å². The number of ether oxygens (including phenoxy) is 2. The van der Waals surface area contributed by atoms with Crippen molar-refractivity contribution < 1.29 is 19.1 Å². The zero-order valence-electron chi connectivity index (χ0n) is 32.5. The van der Waals surface area contributed by atoms with Gasteiger partial charge in [-0.3, -0.25) is 34.8 Å². The topological polar surface area (TPSA) is 138 Å². The van der Waals surface area contributed by atoms with Crippen molar-refractivity contribution in [1.29, 1.82) is 0 Å². The predicted molar refractivity (Wildman–Crippen MR) is 220 cm³/mol. The summed E-state index contributed by atoms with van der Waals surface area (Å²) in [5.74, 6) is 2.42. The van der Waals surface area contributed by atoms with Crippen molar-refractivity contribution in [2.24, 2.45) is 13.0 Å². The van der Waals surface area contributed by atoms with Gasteiger partial charge in [0.25, 0.3) is 5.56 Å². The highest BCUT2D eigenvalue weighted by atomic mass is 16.5. The number of methoxy groups -OCH3 is 2. The van der Waals surface area contributed by atoms with Gasteiger partial charge in [0.05, 0.1) is 30.7 Å². The van der Waals surface area contributed by atoms with Crippen molar-refractivity contribution >= 4 is 45.1 Å². The van der Waals surface area contributed by atoms with Crippen LogP contribution in [-0.4, -0.2) is 77.0 Å². The van der Waals surface area contributed by atoms with Gasteiger partial charge in [-0.1, -0.05) is 18.2 Å². The number of urea groups is 1. The van der Waals surface area contributed by atoms with E-state index in [1.165, 1.54) is 21.6 Å². The van der Waals surface area contributed by atoms with E-state index in [0.29, 0.717) is 30.2 Å². The summed E-state index contributed by atoms with van der Waals surface area (Å²) in [6.45, 7) is 4.76. The van der Waals surface area contributed by atoms with Gasteiger partial charge in [-0.2, -0.15) is 5.10 Å². The number of fused-ring (bicyclic) bond motifs is 3. The van der Waals surface area contributed by atoms with Crippen LogP contribution in [0.4, 0.5) is 16.3 Å². The van der Waals surface area contributed by atoms with E-state index in [2.05, 4.69) is 60.6 Å². The van der Waals surface area contributed by atoms with Crippen LogP contribution in [-0.2, 0) is 37.8 Å². The minimum absolute atomic E-state index is 0.0828. The summed E-state index contributed by atoms with van der Waals surface area (Å²) < 4.78 is 13.6. The quantitative estimate of drug-likeness (QED) is 0.183. The van der Waals surface area contributed by atoms with Crippen LogP contribution in [0.5, 0.6) is 11.5 Å². The standard InChI is InChI=1S/C44H46N8O5/c1-49-25-36(33-9-14-45-23-35(33)43(49)54)30-20-39(56-2)37(40(21-30)57-3)26-50-15-12-32-28(5-4-6-29(32)24-50)19-27-10-16-51(17-11-27)31-7-8-34-38(22-31)47-48-42(34)52-18-13-41(53)46-44(52)55/h4-9,14,20-23,25,27H,10-13,15-19,24,26H2,1-3H3,(H,47,48)(H,46,53,55). The van der Waals surface area contributed by atoms with Crippen molar-refractivity contribution in [3.63, 3.8) is 0 Å². The first-order valence-corrected chi connectivity index (χ1v) is 19.6. The van der Waals surface area contributed by atoms with Crippen molar-refractivity contribution in [3.05, 3.63) is 106 Å². The molecule has 0 radical (unpaired) electrons. The highest BCUT2D eigenvalue weighted by molar-refractivity contribution is 6.09. The Hall–Kier alpha value is -6.21. The molecule has 3 amide bonds. The average molecular weight is 767 g/mol. The molecule has 0 unspecified atom stereocenters. The van der Waals surface area contributed by atoms with E-state index in [1.807, 2.05) is 30.5 Å². The molecule has 0 aliphatic carbocycles. The molecule has 9 rings (SSSR count). The second-order valence-corrected chi connectivity index (χ2v) is 15.4. The average Bonchev–Trinajstić information content (AvgIpc) is 3.65. The first kappa shape index (κ1) is 36.4. The zero-order chi connectivity index (χ0) is 39.2. The van der Waals surface area contributed by atoms with Gasteiger partial charge >= 0.3 is 6.03 Å². The van der Waals surface area contributed by atoms with E-state index in [0.717, 1.165) is 102 Å². The number of carbonyl (C=O) groups is 2. The molecule has 0 saturated carbocycles. The number of rotatable bonds is 9. The number of imide groups is 1. The summed E-state index contributed by atoms with van der Waals surface area (Å²) in [6, 6.07) is 18.6. The van der Waals surface area contributed by atoms with Crippen molar-refractivity contribution in [3.8, 4) is 22.6 Å². The highest BCUT2D eigenvalue weighted by Crippen LogP contribution is 2.39. The number of carbonyl (C=O) groups excluding carboxylic acids is 2. The molecule has 3 aromatic carbocycles. The molecule has 3 aliphatic rings. The van der Waals surface area contributed by atoms with E-state index in [4.69, 9.17) is 9.47 Å². The Labute approximate surface area is 330 Å². The first-order valence-electron chi connectivity index (χ1n) is 19.6. The fourth-order valence-corrected chi connectivity index (χ4v) is 9.00. The molecule has 3 aromatic heterocycles. The molecule has 292 valence electrons. The molecule has 0 atom stereocenters. The lowest BCUT2D eigenvalue weighted by Gasteiger charge is -2.35. The number of aryl methyl sites for hydroxylation is 1. The highest BCUT2D eigenvalue weighted by Gasteiger charge is 2.29. The normalized spacial score (nSPS) is 16.6. The molecule has 13 nitrogen and oxygen atoms in total. The maximum atomic E-state index is 12.8. The number of aromatic amines is 1. The van der Waals surface area contributed by atoms with E-state index in [-0.39, 0.29) is 17.9 Å². The molecule has 0 bridgehead atoms. The number of hydrogen-bond donors (Lipinski definition) is 2. The molecule has 6 aromatic rings. The summed E-state index contributed by atoms with van der Waals surface area (Å²) in [5.41, 5.74) is 9.13. The molecule has 13 heteroatoms. The van der Waals surface area contributed by atoms with Crippen LogP contribution in [0.1, 0.15) is 41.5 Å². The summed E-state index contributed by atoms with van der Waals surface area (Å²) >= 11 is 0. The monoisotopic (exact) mass is 766 g/mol. The Bertz CT molecular complexity index is 2570. The van der Waals surface area contributed by atoms with Crippen molar-refractivity contribution in [2.75, 3.05) is 50.2 Å². The van der Waals surface area contributed by atoms with Gasteiger partial charge in [0.2, 0.25) is 5.91 Å². The number of anilines is 2. The second kappa shape index (κ2) is 15.0. The molecule has 2 saturated heterocycles. The first-order chi connectivity index (χ1) is 27.8. The fourth-order valence-electron chi connectivity index (χ4n) is 9.00. The van der Waals surface area contributed by atoms with Crippen LogP contribution in [0, 0.1) is 5.92 Å². The molecular weight excluding hydrogens is 721 g/mol. The summed E-state index contributed by atoms with van der Waals surface area (Å²) in [5, 5.41) is 12.2. The van der Waals surface area contributed by atoms with Gasteiger partial charge in [0, 0.05) is 88.0 Å². The lowest BCUT2D eigenvalue weighted by molar-refractivity contribution is -0.120. The minimum atomic E-state index is -0.432. The number of hydrogen-bond acceptors (Lipinski definition) is 9. The molecule has 0 spiro atoms. The maximum absolute atomic E-state index is 12.8. The summed E-state index contributed by atoms with van der Waals surface area (Å²) in [6.07, 6.45) is 9.77. The van der Waals surface area contributed by atoms with Crippen LogP contribution in [0.2, 0.25) is 0 Å². The van der Waals surface area contributed by atoms with Crippen LogP contribution in [0.3, 0.4) is 0 Å². The molecule has 57 heavy (non-hydrogen) atoms. The van der Waals surface area contributed by atoms with Gasteiger partial charge < -0.3 is 18.9 Å². The Morgan fingerprint density at radius 2 is 1.68 bits per heavy atom. The third-order valence-corrected chi connectivity index (χ3v) is 12.1. The van der Waals surface area contributed by atoms with Gasteiger partial charge in [0.15, 0.2) is 5.82 Å². The number of nitrogens with one attached hydrogen (secondary N) is 2. The third-order valence-electron chi connectivity index (χ3n) is 12.1. The molecular formula is C44H46N8O5. The van der Waals surface area contributed by atoms with Gasteiger partial charge in [-0.05, 0) is 95.6 Å². The fraction of sp³-hybridized carbons (Fsp3) is 0.341. The number of pyridine rings is 2. The SMILES string of the molecule is COc1cc(-c2cn(C)c(=O)c3cnccc23)cc(OC)c1CN1CCc2c(CC3CCN(c4ccc5c(N6CCC(=O)NC6=O)n[nH]c5c4)CC3)cccc2C1. The molecule has 3 aliphatic heterocycles. The van der Waals surface area contributed by atoms with E-state index < -0.39 is 6.03 Å². The van der Waals surface area contributed by atoms with Gasteiger partial charge in [0.1, 0.15) is 11.5 Å². The van der Waals surface area contributed by atoms with Gasteiger partial charge in [-0.15, -0.1) is 0 Å². The predicted octanol–water partition coefficient (Wildman–Crippen LogP) is 5.96. The number of H-pyrrole nitrogens is 1. The number of amides is 3. The van der Waals surface area contributed by atoms with Crippen LogP contribution in [0.15, 0.2) is 78.0 Å². The van der Waals surface area contributed by atoms with Crippen LogP contribution >= 0.6 is 0 Å².